The van der Waals surface area contributed by atoms with Crippen LogP contribution in [0.25, 0.3) is 10.9 Å². The number of likely N-dealkylation sites (N-methyl/N-ethyl adjacent to an activating group) is 1. The normalized spacial score (nSPS) is 18.6. The van der Waals surface area contributed by atoms with Gasteiger partial charge in [0.15, 0.2) is 6.10 Å². The number of amides is 2. The molecule has 3 N–H and O–H groups in total. The van der Waals surface area contributed by atoms with E-state index in [1.807, 2.05) is 24.3 Å². The van der Waals surface area contributed by atoms with Gasteiger partial charge in [0.25, 0.3) is 11.8 Å². The minimum absolute atomic E-state index is 0.111. The summed E-state index contributed by atoms with van der Waals surface area (Å²) in [7, 11) is 3.02. The zero-order valence-corrected chi connectivity index (χ0v) is 17.3. The minimum Gasteiger partial charge on any atom is -0.381 e. The number of hydrogen-bond donors (Lipinski definition) is 3. The van der Waals surface area contributed by atoms with Gasteiger partial charge in [-0.15, -0.1) is 0 Å². The van der Waals surface area contributed by atoms with Gasteiger partial charge in [0.2, 0.25) is 0 Å². The Morgan fingerprint density at radius 3 is 2.84 bits per heavy atom. The van der Waals surface area contributed by atoms with Crippen LogP contribution >= 0.6 is 0 Å². The molecular formula is C23H24FN3O4. The van der Waals surface area contributed by atoms with E-state index in [-0.39, 0.29) is 18.3 Å². The number of benzene rings is 2. The van der Waals surface area contributed by atoms with Crippen molar-refractivity contribution in [1.29, 1.82) is 0 Å². The lowest BCUT2D eigenvalue weighted by molar-refractivity contribution is -0.144. The fourth-order valence-corrected chi connectivity index (χ4v) is 4.26. The Hall–Kier alpha value is -3.23. The topological polar surface area (TPSA) is 94.7 Å². The smallest absolute Gasteiger partial charge is 0.268 e. The van der Waals surface area contributed by atoms with E-state index in [0.29, 0.717) is 23.0 Å². The Balaban J connectivity index is 1.59. The number of aliphatic hydroxyl groups excluding tert-OH is 1. The van der Waals surface area contributed by atoms with Crippen LogP contribution in [0.4, 0.5) is 4.39 Å². The number of halogens is 1. The molecule has 2 amide bonds. The third-order valence-electron chi connectivity index (χ3n) is 5.71. The number of nitrogens with one attached hydrogen (secondary N) is 2. The molecule has 31 heavy (non-hydrogen) atoms. The third kappa shape index (κ3) is 4.04. The van der Waals surface area contributed by atoms with Crippen molar-refractivity contribution in [2.24, 2.45) is 0 Å². The fraction of sp³-hybridized carbons (Fsp3) is 0.304. The van der Waals surface area contributed by atoms with Crippen molar-refractivity contribution in [3.63, 3.8) is 0 Å². The second kappa shape index (κ2) is 8.49. The van der Waals surface area contributed by atoms with Crippen molar-refractivity contribution in [3.05, 3.63) is 71.2 Å². The number of hydrogen-bond acceptors (Lipinski definition) is 4. The molecule has 4 rings (SSSR count). The highest BCUT2D eigenvalue weighted by molar-refractivity contribution is 5.98. The molecule has 8 heteroatoms. The summed E-state index contributed by atoms with van der Waals surface area (Å²) in [4.78, 5) is 30.2. The van der Waals surface area contributed by atoms with E-state index < -0.39 is 24.1 Å². The summed E-state index contributed by atoms with van der Waals surface area (Å²) in [5.41, 5.74) is 2.92. The van der Waals surface area contributed by atoms with Gasteiger partial charge in [-0.25, -0.2) is 4.39 Å². The maximum Gasteiger partial charge on any atom is 0.268 e. The SMILES string of the molecule is COC[C@H](O)C(=O)N(C)[C@H]1c2ccccc2C[C@H]1NC(=O)c1cc2cc(F)ccc2[nH]1. The maximum atomic E-state index is 13.5. The van der Waals surface area contributed by atoms with E-state index >= 15 is 0 Å². The van der Waals surface area contributed by atoms with Crippen molar-refractivity contribution in [2.75, 3.05) is 20.8 Å². The summed E-state index contributed by atoms with van der Waals surface area (Å²) >= 11 is 0. The number of aliphatic hydroxyl groups is 1. The van der Waals surface area contributed by atoms with Crippen molar-refractivity contribution in [1.82, 2.24) is 15.2 Å². The van der Waals surface area contributed by atoms with E-state index in [1.54, 1.807) is 19.2 Å². The zero-order chi connectivity index (χ0) is 22.1. The summed E-state index contributed by atoms with van der Waals surface area (Å²) in [6.45, 7) is -0.111. The Morgan fingerprint density at radius 1 is 1.29 bits per heavy atom. The minimum atomic E-state index is -1.29. The number of nitrogens with zero attached hydrogens (tertiary/aromatic N) is 1. The summed E-state index contributed by atoms with van der Waals surface area (Å²) in [6.07, 6.45) is -0.748. The predicted octanol–water partition coefficient (Wildman–Crippen LogP) is 2.17. The molecule has 1 aliphatic rings. The molecule has 1 aromatic heterocycles. The van der Waals surface area contributed by atoms with E-state index in [9.17, 15) is 19.1 Å². The number of ether oxygens (including phenoxy) is 1. The van der Waals surface area contributed by atoms with Gasteiger partial charge in [-0.1, -0.05) is 24.3 Å². The number of aromatic amines is 1. The van der Waals surface area contributed by atoms with Gasteiger partial charge in [0.05, 0.1) is 18.7 Å². The van der Waals surface area contributed by atoms with Crippen LogP contribution < -0.4 is 5.32 Å². The first-order valence-electron chi connectivity index (χ1n) is 9.99. The molecule has 0 spiro atoms. The first-order chi connectivity index (χ1) is 14.9. The number of rotatable bonds is 6. The molecule has 0 saturated heterocycles. The van der Waals surface area contributed by atoms with Crippen LogP contribution in [0.5, 0.6) is 0 Å². The summed E-state index contributed by atoms with van der Waals surface area (Å²) in [5, 5.41) is 13.7. The van der Waals surface area contributed by atoms with E-state index in [0.717, 1.165) is 11.1 Å². The number of aromatic nitrogens is 1. The highest BCUT2D eigenvalue weighted by Crippen LogP contribution is 2.36. The summed E-state index contributed by atoms with van der Waals surface area (Å²) in [5.74, 6) is -1.21. The molecule has 7 nitrogen and oxygen atoms in total. The molecule has 3 atom stereocenters. The van der Waals surface area contributed by atoms with Gasteiger partial charge >= 0.3 is 0 Å². The average molecular weight is 425 g/mol. The number of carbonyl (C=O) groups excluding carboxylic acids is 2. The quantitative estimate of drug-likeness (QED) is 0.564. The van der Waals surface area contributed by atoms with Crippen LogP contribution in [0.15, 0.2) is 48.5 Å². The van der Waals surface area contributed by atoms with Gasteiger partial charge < -0.3 is 25.0 Å². The van der Waals surface area contributed by atoms with Crippen LogP contribution in [0, 0.1) is 5.82 Å². The van der Waals surface area contributed by atoms with Gasteiger partial charge in [-0.2, -0.15) is 0 Å². The van der Waals surface area contributed by atoms with Crippen molar-refractivity contribution >= 4 is 22.7 Å². The molecule has 2 aromatic carbocycles. The molecule has 0 unspecified atom stereocenters. The number of H-pyrrole nitrogens is 1. The lowest BCUT2D eigenvalue weighted by Crippen LogP contribution is -2.48. The first-order valence-corrected chi connectivity index (χ1v) is 9.99. The zero-order valence-electron chi connectivity index (χ0n) is 17.3. The predicted molar refractivity (Wildman–Crippen MR) is 113 cm³/mol. The number of carbonyl (C=O) groups is 2. The van der Waals surface area contributed by atoms with E-state index in [2.05, 4.69) is 10.3 Å². The van der Waals surface area contributed by atoms with Gasteiger partial charge in [0, 0.05) is 25.1 Å². The number of methoxy groups -OCH3 is 1. The average Bonchev–Trinajstić information content (AvgIpc) is 3.33. The lowest BCUT2D eigenvalue weighted by atomic mass is 10.0. The molecule has 0 aliphatic heterocycles. The van der Waals surface area contributed by atoms with Crippen molar-refractivity contribution in [2.45, 2.75) is 24.6 Å². The third-order valence-corrected chi connectivity index (χ3v) is 5.71. The lowest BCUT2D eigenvalue weighted by Gasteiger charge is -2.32. The van der Waals surface area contributed by atoms with Gasteiger partial charge in [0.1, 0.15) is 11.5 Å². The van der Waals surface area contributed by atoms with E-state index in [4.69, 9.17) is 4.74 Å². The second-order valence-electron chi connectivity index (χ2n) is 7.76. The van der Waals surface area contributed by atoms with E-state index in [1.165, 1.54) is 24.1 Å². The molecular weight excluding hydrogens is 401 g/mol. The van der Waals surface area contributed by atoms with Crippen molar-refractivity contribution in [3.8, 4) is 0 Å². The largest absolute Gasteiger partial charge is 0.381 e. The molecule has 0 bridgehead atoms. The monoisotopic (exact) mass is 425 g/mol. The molecule has 1 heterocycles. The highest BCUT2D eigenvalue weighted by Gasteiger charge is 2.39. The number of fused-ring (bicyclic) bond motifs is 2. The van der Waals surface area contributed by atoms with Gasteiger partial charge in [-0.3, -0.25) is 9.59 Å². The second-order valence-corrected chi connectivity index (χ2v) is 7.76. The Labute approximate surface area is 178 Å². The van der Waals surface area contributed by atoms with Crippen molar-refractivity contribution < 1.29 is 23.8 Å². The van der Waals surface area contributed by atoms with Crippen LogP contribution in [0.1, 0.15) is 27.7 Å². The summed E-state index contributed by atoms with van der Waals surface area (Å²) < 4.78 is 18.4. The standard InChI is InChI=1S/C23H24FN3O4/c1-27(23(30)20(28)12-31-2)21-16-6-4-3-5-13(16)10-18(21)26-22(29)19-11-14-9-15(24)7-8-17(14)25-19/h3-9,11,18,20-21,25,28H,10,12H2,1-2H3,(H,26,29)/t18-,20+,21+/m1/s1. The van der Waals surface area contributed by atoms with Crippen LogP contribution in [-0.4, -0.2) is 59.7 Å². The molecule has 162 valence electrons. The molecule has 3 aromatic rings. The first kappa shape index (κ1) is 21.0. The molecule has 0 fully saturated rings. The molecule has 1 aliphatic carbocycles. The molecule has 0 saturated carbocycles. The highest BCUT2D eigenvalue weighted by atomic mass is 19.1. The van der Waals surface area contributed by atoms with Gasteiger partial charge in [-0.05, 0) is 41.8 Å². The maximum absolute atomic E-state index is 13.5. The van der Waals surface area contributed by atoms with Crippen LogP contribution in [0.2, 0.25) is 0 Å². The van der Waals surface area contributed by atoms with Crippen LogP contribution in [0.3, 0.4) is 0 Å². The fourth-order valence-electron chi connectivity index (χ4n) is 4.26. The Bertz CT molecular complexity index is 1130. The molecule has 0 radical (unpaired) electrons. The summed E-state index contributed by atoms with van der Waals surface area (Å²) in [6, 6.07) is 12.7. The Kier molecular flexibility index (Phi) is 5.75. The van der Waals surface area contributed by atoms with Crippen LogP contribution in [-0.2, 0) is 16.0 Å². The Morgan fingerprint density at radius 2 is 2.06 bits per heavy atom.